The van der Waals surface area contributed by atoms with Gasteiger partial charge in [-0.2, -0.15) is 13.2 Å². The first-order chi connectivity index (χ1) is 15.9. The van der Waals surface area contributed by atoms with Crippen LogP contribution >= 0.6 is 11.6 Å². The Labute approximate surface area is 199 Å². The Kier molecular flexibility index (Phi) is 6.61. The number of benzene rings is 2. The van der Waals surface area contributed by atoms with Gasteiger partial charge >= 0.3 is 6.18 Å². The first-order valence-electron chi connectivity index (χ1n) is 10.9. The van der Waals surface area contributed by atoms with E-state index in [9.17, 15) is 27.2 Å². The number of amides is 2. The van der Waals surface area contributed by atoms with Crippen LogP contribution in [0.1, 0.15) is 39.5 Å². The molecule has 0 aliphatic carbocycles. The van der Waals surface area contributed by atoms with Gasteiger partial charge in [-0.15, -0.1) is 0 Å². The molecule has 0 bridgehead atoms. The Morgan fingerprint density at radius 2 is 1.74 bits per heavy atom. The van der Waals surface area contributed by atoms with Crippen LogP contribution in [0.15, 0.2) is 36.4 Å². The number of nitrogens with zero attached hydrogens (tertiary/aromatic N) is 2. The number of carbonyl (C=O) groups excluding carboxylic acids is 2. The van der Waals surface area contributed by atoms with Crippen molar-refractivity contribution in [1.82, 2.24) is 9.80 Å². The van der Waals surface area contributed by atoms with Crippen molar-refractivity contribution in [2.45, 2.75) is 25.6 Å². The highest BCUT2D eigenvalue weighted by atomic mass is 35.5. The highest BCUT2D eigenvalue weighted by Gasteiger charge is 2.44. The number of rotatable bonds is 5. The molecule has 34 heavy (non-hydrogen) atoms. The molecule has 5 nitrogen and oxygen atoms in total. The van der Waals surface area contributed by atoms with Crippen molar-refractivity contribution in [3.63, 3.8) is 0 Å². The van der Waals surface area contributed by atoms with E-state index in [1.54, 1.807) is 4.90 Å². The van der Waals surface area contributed by atoms with Crippen LogP contribution in [0.3, 0.4) is 0 Å². The number of hydrogen-bond acceptors (Lipinski definition) is 3. The molecular formula is C24H24ClF4N3O2. The molecule has 3 atom stereocenters. The standard InChI is InChI=1S/C24H24ClF4N3O2/c1-13-2-3-14(6-19(13)25)21(8-22(30)33)31-9-16-11-32(12-17(16)10-31)23(34)15-4-5-18(20(26)7-15)24(27,28)29/h2-7,16-17,21H,8-12H2,1H3,(H2,30,33). The molecule has 10 heteroatoms. The summed E-state index contributed by atoms with van der Waals surface area (Å²) in [6.45, 7) is 3.95. The highest BCUT2D eigenvalue weighted by molar-refractivity contribution is 6.31. The number of aryl methyl sites for hydroxylation is 1. The van der Waals surface area contributed by atoms with Gasteiger partial charge in [-0.3, -0.25) is 14.5 Å². The summed E-state index contributed by atoms with van der Waals surface area (Å²) in [6, 6.07) is 7.68. The minimum Gasteiger partial charge on any atom is -0.370 e. The van der Waals surface area contributed by atoms with Gasteiger partial charge in [-0.05, 0) is 54.2 Å². The summed E-state index contributed by atoms with van der Waals surface area (Å²) in [5.74, 6) is -2.14. The Bertz CT molecular complexity index is 1110. The summed E-state index contributed by atoms with van der Waals surface area (Å²) in [7, 11) is 0. The number of alkyl halides is 3. The van der Waals surface area contributed by atoms with Crippen LogP contribution in [-0.2, 0) is 11.0 Å². The third-order valence-corrected chi connectivity index (χ3v) is 7.15. The van der Waals surface area contributed by atoms with E-state index >= 15 is 0 Å². The molecule has 2 saturated heterocycles. The SMILES string of the molecule is Cc1ccc(C(CC(N)=O)N2CC3CN(C(=O)c4ccc(C(F)(F)F)c(F)c4)CC3C2)cc1Cl. The van der Waals surface area contributed by atoms with Crippen molar-refractivity contribution in [2.24, 2.45) is 17.6 Å². The molecule has 182 valence electrons. The van der Waals surface area contributed by atoms with Crippen molar-refractivity contribution < 1.29 is 27.2 Å². The molecule has 2 aliphatic rings. The molecule has 0 aromatic heterocycles. The number of primary amides is 1. The lowest BCUT2D eigenvalue weighted by Crippen LogP contribution is -2.36. The van der Waals surface area contributed by atoms with Crippen LogP contribution in [0, 0.1) is 24.6 Å². The third-order valence-electron chi connectivity index (χ3n) is 6.74. The molecule has 2 fully saturated rings. The van der Waals surface area contributed by atoms with E-state index in [4.69, 9.17) is 17.3 Å². The largest absolute Gasteiger partial charge is 0.419 e. The molecule has 2 aromatic rings. The summed E-state index contributed by atoms with van der Waals surface area (Å²) in [5.41, 5.74) is 5.82. The minimum absolute atomic E-state index is 0.108. The summed E-state index contributed by atoms with van der Waals surface area (Å²) < 4.78 is 52.4. The Hall–Kier alpha value is -2.65. The van der Waals surface area contributed by atoms with Gasteiger partial charge in [-0.25, -0.2) is 4.39 Å². The van der Waals surface area contributed by atoms with Crippen molar-refractivity contribution in [2.75, 3.05) is 26.2 Å². The normalized spacial score (nSPS) is 21.5. The lowest BCUT2D eigenvalue weighted by atomic mass is 10.0. The predicted molar refractivity (Wildman–Crippen MR) is 119 cm³/mol. The van der Waals surface area contributed by atoms with Gasteiger partial charge < -0.3 is 10.6 Å². The van der Waals surface area contributed by atoms with Gasteiger partial charge in [0.25, 0.3) is 5.91 Å². The van der Waals surface area contributed by atoms with Gasteiger partial charge in [0.2, 0.25) is 5.91 Å². The topological polar surface area (TPSA) is 66.6 Å². The van der Waals surface area contributed by atoms with Crippen LogP contribution in [0.4, 0.5) is 17.6 Å². The second-order valence-electron chi connectivity index (χ2n) is 9.07. The van der Waals surface area contributed by atoms with Gasteiger partial charge in [0.15, 0.2) is 0 Å². The van der Waals surface area contributed by atoms with Crippen molar-refractivity contribution >= 4 is 23.4 Å². The van der Waals surface area contributed by atoms with Crippen LogP contribution in [0.2, 0.25) is 5.02 Å². The van der Waals surface area contributed by atoms with Gasteiger partial charge in [-0.1, -0.05) is 23.7 Å². The first-order valence-corrected chi connectivity index (χ1v) is 11.3. The van der Waals surface area contributed by atoms with E-state index in [2.05, 4.69) is 4.90 Å². The van der Waals surface area contributed by atoms with Crippen molar-refractivity contribution in [1.29, 1.82) is 0 Å². The highest BCUT2D eigenvalue weighted by Crippen LogP contribution is 2.39. The quantitative estimate of drug-likeness (QED) is 0.622. The Balaban J connectivity index is 1.45. The molecule has 2 N–H and O–H groups in total. The molecular weight excluding hydrogens is 474 g/mol. The lowest BCUT2D eigenvalue weighted by Gasteiger charge is -2.29. The van der Waals surface area contributed by atoms with E-state index in [1.807, 2.05) is 25.1 Å². The molecule has 0 spiro atoms. The lowest BCUT2D eigenvalue weighted by molar-refractivity contribution is -0.140. The number of carbonyl (C=O) groups is 2. The zero-order valence-electron chi connectivity index (χ0n) is 18.4. The molecule has 2 aromatic carbocycles. The number of hydrogen-bond donors (Lipinski definition) is 1. The summed E-state index contributed by atoms with van der Waals surface area (Å²) in [4.78, 5) is 28.3. The predicted octanol–water partition coefficient (Wildman–Crippen LogP) is 4.43. The van der Waals surface area contributed by atoms with E-state index in [1.165, 1.54) is 0 Å². The number of fused-ring (bicyclic) bond motifs is 1. The van der Waals surface area contributed by atoms with Gasteiger partial charge in [0.05, 0.1) is 5.56 Å². The average molecular weight is 498 g/mol. The Morgan fingerprint density at radius 3 is 2.26 bits per heavy atom. The zero-order chi connectivity index (χ0) is 24.8. The monoisotopic (exact) mass is 497 g/mol. The van der Waals surface area contributed by atoms with Crippen molar-refractivity contribution in [3.05, 3.63) is 69.5 Å². The summed E-state index contributed by atoms with van der Waals surface area (Å²) in [5, 5.41) is 0.604. The number of nitrogens with two attached hydrogens (primary N) is 1. The summed E-state index contributed by atoms with van der Waals surface area (Å²) >= 11 is 6.29. The molecule has 0 radical (unpaired) electrons. The second kappa shape index (κ2) is 9.19. The third kappa shape index (κ3) is 4.90. The number of likely N-dealkylation sites (tertiary alicyclic amines) is 2. The van der Waals surface area contributed by atoms with Crippen LogP contribution in [-0.4, -0.2) is 47.8 Å². The maximum atomic E-state index is 13.9. The van der Waals surface area contributed by atoms with Crippen LogP contribution < -0.4 is 5.73 Å². The average Bonchev–Trinajstić information content (AvgIpc) is 3.31. The van der Waals surface area contributed by atoms with Gasteiger partial charge in [0, 0.05) is 49.2 Å². The second-order valence-corrected chi connectivity index (χ2v) is 9.48. The molecule has 4 rings (SSSR count). The maximum absolute atomic E-state index is 13.9. The Morgan fingerprint density at radius 1 is 1.09 bits per heavy atom. The molecule has 3 unspecified atom stereocenters. The summed E-state index contributed by atoms with van der Waals surface area (Å²) in [6.07, 6.45) is -4.69. The van der Waals surface area contributed by atoms with Crippen LogP contribution in [0.25, 0.3) is 0 Å². The molecule has 2 heterocycles. The molecule has 2 amide bonds. The van der Waals surface area contributed by atoms with E-state index in [0.29, 0.717) is 43.3 Å². The van der Waals surface area contributed by atoms with E-state index < -0.39 is 29.4 Å². The molecule has 2 aliphatic heterocycles. The van der Waals surface area contributed by atoms with Crippen molar-refractivity contribution in [3.8, 4) is 0 Å². The minimum atomic E-state index is -4.82. The fourth-order valence-electron chi connectivity index (χ4n) is 4.98. The van der Waals surface area contributed by atoms with E-state index in [-0.39, 0.29) is 29.9 Å². The number of halogens is 5. The first kappa shape index (κ1) is 24.5. The smallest absolute Gasteiger partial charge is 0.370 e. The van der Waals surface area contributed by atoms with Crippen LogP contribution in [0.5, 0.6) is 0 Å². The maximum Gasteiger partial charge on any atom is 0.419 e. The molecule has 0 saturated carbocycles. The zero-order valence-corrected chi connectivity index (χ0v) is 19.2. The van der Waals surface area contributed by atoms with E-state index in [0.717, 1.165) is 17.2 Å². The van der Waals surface area contributed by atoms with Gasteiger partial charge in [0.1, 0.15) is 5.82 Å². The fourth-order valence-corrected chi connectivity index (χ4v) is 5.16. The fraction of sp³-hybridized carbons (Fsp3) is 0.417.